The van der Waals surface area contributed by atoms with Gasteiger partial charge in [0.25, 0.3) is 0 Å². The van der Waals surface area contributed by atoms with E-state index in [4.69, 9.17) is 0 Å². The second-order valence-corrected chi connectivity index (χ2v) is 6.36. The van der Waals surface area contributed by atoms with Gasteiger partial charge in [-0.2, -0.15) is 30.3 Å². The normalized spacial score (nSPS) is 9.78. The maximum atomic E-state index is 4.23. The van der Waals surface area contributed by atoms with Crippen molar-refractivity contribution in [1.29, 1.82) is 0 Å². The molecule has 0 N–H and O–H groups in total. The molecular formula is C21H32FeS-6. The van der Waals surface area contributed by atoms with Gasteiger partial charge in [0.2, 0.25) is 0 Å². The minimum Gasteiger partial charge on any atom is -0.748 e. The Kier molecular flexibility index (Phi) is 17.6. The molecule has 0 atom stereocenters. The first-order valence-electron chi connectivity index (χ1n) is 8.91. The van der Waals surface area contributed by atoms with Crippen LogP contribution in [0.25, 0.3) is 0 Å². The summed E-state index contributed by atoms with van der Waals surface area (Å²) in [6.07, 6.45) is 13.8. The van der Waals surface area contributed by atoms with Gasteiger partial charge in [0.15, 0.2) is 0 Å². The van der Waals surface area contributed by atoms with Crippen LogP contribution < -0.4 is 0 Å². The van der Waals surface area contributed by atoms with Crippen molar-refractivity contribution < 1.29 is 17.1 Å². The van der Waals surface area contributed by atoms with Crippen LogP contribution in [0.15, 0.2) is 54.6 Å². The van der Waals surface area contributed by atoms with Crippen LogP contribution in [0.2, 0.25) is 0 Å². The average Bonchev–Trinajstić information content (AvgIpc) is 3.25. The molecule has 2 aromatic rings. The Labute approximate surface area is 159 Å². The summed E-state index contributed by atoms with van der Waals surface area (Å²) >= 11 is 4.23. The van der Waals surface area contributed by atoms with Crippen LogP contribution in [-0.2, 0) is 23.5 Å². The average molecular weight is 372 g/mol. The van der Waals surface area contributed by atoms with Gasteiger partial charge < -0.3 is 30.3 Å². The van der Waals surface area contributed by atoms with E-state index in [1.54, 1.807) is 0 Å². The molecule has 0 spiro atoms. The molecule has 0 aromatic heterocycles. The van der Waals surface area contributed by atoms with Crippen molar-refractivity contribution in [3.63, 3.8) is 0 Å². The van der Waals surface area contributed by atoms with E-state index in [0.717, 1.165) is 5.75 Å². The van der Waals surface area contributed by atoms with Crippen LogP contribution in [0.4, 0.5) is 0 Å². The van der Waals surface area contributed by atoms with E-state index in [2.05, 4.69) is 36.9 Å². The molecule has 0 radical (unpaired) electrons. The fraction of sp³-hybridized carbons (Fsp3) is 0.524. The summed E-state index contributed by atoms with van der Waals surface area (Å²) in [6, 6.07) is 18.8. The van der Waals surface area contributed by atoms with Crippen molar-refractivity contribution in [2.45, 2.75) is 64.2 Å². The fourth-order valence-electron chi connectivity index (χ4n) is 2.58. The molecule has 23 heavy (non-hydrogen) atoms. The minimum atomic E-state index is 0. The standard InChI is InChI=1S/C16H27S.C5H5.Fe/c17-15-11-7-5-3-1-2-4-6-8-12-16-13-9-10-14-16;1-2-4-5-3-1;/h9-10,13-14,17H,1-8,11-12,15H2;1-5H;/q-1;-5;. The van der Waals surface area contributed by atoms with Crippen LogP contribution in [0, 0.1) is 0 Å². The third kappa shape index (κ3) is 14.9. The molecule has 2 heteroatoms. The van der Waals surface area contributed by atoms with Crippen molar-refractivity contribution in [3.8, 4) is 0 Å². The van der Waals surface area contributed by atoms with Gasteiger partial charge in [0.1, 0.15) is 0 Å². The zero-order valence-electron chi connectivity index (χ0n) is 14.3. The van der Waals surface area contributed by atoms with Crippen molar-refractivity contribution in [1.82, 2.24) is 0 Å². The van der Waals surface area contributed by atoms with Gasteiger partial charge in [-0.1, -0.05) is 57.8 Å². The number of rotatable bonds is 11. The molecular weight excluding hydrogens is 340 g/mol. The van der Waals surface area contributed by atoms with Crippen LogP contribution in [0.1, 0.15) is 63.4 Å². The number of unbranched alkanes of at least 4 members (excludes halogenated alkanes) is 8. The Bertz CT molecular complexity index is 374. The second kappa shape index (κ2) is 17.9. The van der Waals surface area contributed by atoms with Gasteiger partial charge in [-0.25, -0.2) is 12.1 Å². The first kappa shape index (κ1) is 22.6. The van der Waals surface area contributed by atoms with E-state index < -0.39 is 0 Å². The zero-order chi connectivity index (χ0) is 15.7. The van der Waals surface area contributed by atoms with Crippen molar-refractivity contribution >= 4 is 12.6 Å². The smallest absolute Gasteiger partial charge is 0 e. The largest absolute Gasteiger partial charge is 0.748 e. The van der Waals surface area contributed by atoms with Gasteiger partial charge in [-0.3, -0.25) is 0 Å². The summed E-state index contributed by atoms with van der Waals surface area (Å²) in [7, 11) is 0. The Morgan fingerprint density at radius 3 is 1.43 bits per heavy atom. The second-order valence-electron chi connectivity index (χ2n) is 5.91. The summed E-state index contributed by atoms with van der Waals surface area (Å²) < 4.78 is 0. The zero-order valence-corrected chi connectivity index (χ0v) is 16.3. The monoisotopic (exact) mass is 372 g/mol. The number of hydrogen-bond acceptors (Lipinski definition) is 1. The molecule has 0 saturated heterocycles. The maximum absolute atomic E-state index is 4.23. The Morgan fingerprint density at radius 2 is 1.00 bits per heavy atom. The molecule has 2 aromatic carbocycles. The van der Waals surface area contributed by atoms with E-state index in [0.29, 0.717) is 0 Å². The summed E-state index contributed by atoms with van der Waals surface area (Å²) in [4.78, 5) is 0. The summed E-state index contributed by atoms with van der Waals surface area (Å²) in [6.45, 7) is 0. The minimum absolute atomic E-state index is 0. The van der Waals surface area contributed by atoms with E-state index in [-0.39, 0.29) is 17.1 Å². The SMILES string of the molecule is SCCCCCCCCCCC[c-]1cccc1.[Fe].[cH-]1[cH-][cH-][cH-][cH-]1. The molecule has 0 heterocycles. The van der Waals surface area contributed by atoms with Crippen LogP contribution in [0.3, 0.4) is 0 Å². The summed E-state index contributed by atoms with van der Waals surface area (Å²) in [5.74, 6) is 1.06. The molecule has 0 fully saturated rings. The van der Waals surface area contributed by atoms with Crippen molar-refractivity contribution in [2.75, 3.05) is 5.75 Å². The van der Waals surface area contributed by atoms with E-state index in [1.165, 1.54) is 69.8 Å². The van der Waals surface area contributed by atoms with Gasteiger partial charge in [0.05, 0.1) is 0 Å². The molecule has 0 unspecified atom stereocenters. The molecule has 0 amide bonds. The molecule has 136 valence electrons. The first-order chi connectivity index (χ1) is 10.9. The fourth-order valence-corrected chi connectivity index (χ4v) is 2.80. The van der Waals surface area contributed by atoms with Crippen LogP contribution >= 0.6 is 12.6 Å². The number of thiol groups is 1. The summed E-state index contributed by atoms with van der Waals surface area (Å²) in [5, 5.41) is 0. The van der Waals surface area contributed by atoms with Gasteiger partial charge in [0, 0.05) is 17.1 Å². The quantitative estimate of drug-likeness (QED) is 0.191. The molecule has 0 aliphatic heterocycles. The molecule has 0 aliphatic rings. The van der Waals surface area contributed by atoms with Crippen LogP contribution in [-0.4, -0.2) is 5.75 Å². The Morgan fingerprint density at radius 1 is 0.609 bits per heavy atom. The predicted molar refractivity (Wildman–Crippen MR) is 103 cm³/mol. The van der Waals surface area contributed by atoms with Crippen molar-refractivity contribution in [2.24, 2.45) is 0 Å². The predicted octanol–water partition coefficient (Wildman–Crippen LogP) is 6.79. The van der Waals surface area contributed by atoms with Gasteiger partial charge in [-0.15, -0.1) is 0 Å². The van der Waals surface area contributed by atoms with Crippen LogP contribution in [0.5, 0.6) is 0 Å². The Balaban J connectivity index is 0.000000684. The topological polar surface area (TPSA) is 0 Å². The van der Waals surface area contributed by atoms with Gasteiger partial charge in [-0.05, 0) is 12.2 Å². The maximum Gasteiger partial charge on any atom is 0 e. The van der Waals surface area contributed by atoms with Gasteiger partial charge >= 0.3 is 0 Å². The van der Waals surface area contributed by atoms with Crippen molar-refractivity contribution in [3.05, 3.63) is 60.2 Å². The van der Waals surface area contributed by atoms with E-state index in [9.17, 15) is 0 Å². The molecule has 2 rings (SSSR count). The number of hydrogen-bond donors (Lipinski definition) is 1. The number of aryl methyl sites for hydroxylation is 1. The molecule has 0 nitrogen and oxygen atoms in total. The third-order valence-corrected chi connectivity index (χ3v) is 4.23. The molecule has 0 bridgehead atoms. The summed E-state index contributed by atoms with van der Waals surface area (Å²) in [5.41, 5.74) is 1.51. The molecule has 0 saturated carbocycles. The van der Waals surface area contributed by atoms with E-state index >= 15 is 0 Å². The van der Waals surface area contributed by atoms with E-state index in [1.807, 2.05) is 30.3 Å². The third-order valence-electron chi connectivity index (χ3n) is 3.91. The molecule has 0 aliphatic carbocycles. The Hall–Kier alpha value is -0.431. The first-order valence-corrected chi connectivity index (χ1v) is 9.55.